The Morgan fingerprint density at radius 3 is 1.26 bits per heavy atom. The molecule has 0 aliphatic carbocycles. The highest BCUT2D eigenvalue weighted by Gasteiger charge is 2.37. The number of ether oxygens (including phenoxy) is 5. The number of carboxylic acid groups (broad SMARTS) is 1. The van der Waals surface area contributed by atoms with Crippen molar-refractivity contribution in [3.63, 3.8) is 0 Å². The van der Waals surface area contributed by atoms with E-state index in [1.54, 1.807) is 41.5 Å². The van der Waals surface area contributed by atoms with E-state index in [-0.39, 0.29) is 25.5 Å². The summed E-state index contributed by atoms with van der Waals surface area (Å²) in [5, 5.41) is 18.0. The third kappa shape index (κ3) is 25.9. The van der Waals surface area contributed by atoms with Crippen molar-refractivity contribution in [3.8, 4) is 0 Å². The number of carbonyl (C=O) groups excluding carboxylic acids is 5. The molecule has 0 saturated heterocycles. The van der Waals surface area contributed by atoms with Gasteiger partial charge in [0.05, 0.1) is 0 Å². The Bertz CT molecular complexity index is 1710. The van der Waals surface area contributed by atoms with Gasteiger partial charge in [-0.3, -0.25) is 9.80 Å². The van der Waals surface area contributed by atoms with Gasteiger partial charge in [0.1, 0.15) is 42.6 Å². The summed E-state index contributed by atoms with van der Waals surface area (Å²) < 4.78 is 75.9. The van der Waals surface area contributed by atoms with E-state index in [2.05, 4.69) is 0 Å². The number of amides is 2. The lowest BCUT2D eigenvalue weighted by molar-refractivity contribution is -0.170. The number of aliphatic hydroxyl groups excluding tert-OH is 1. The molecule has 0 spiro atoms. The van der Waals surface area contributed by atoms with Crippen LogP contribution in [-0.4, -0.2) is 106 Å². The lowest BCUT2D eigenvalue weighted by Crippen LogP contribution is -2.48. The molecule has 0 saturated carbocycles. The van der Waals surface area contributed by atoms with Crippen LogP contribution in [0.15, 0.2) is 60.7 Å². The molecule has 0 aliphatic heterocycles. The predicted molar refractivity (Wildman–Crippen MR) is 244 cm³/mol. The fourth-order valence-electron chi connectivity index (χ4n) is 4.85. The number of rotatable bonds is 13. The molecular formula is C46H84N2O13. The lowest BCUT2D eigenvalue weighted by Gasteiger charge is -2.33. The number of benzene rings is 2. The van der Waals surface area contributed by atoms with E-state index in [9.17, 15) is 33.9 Å². The number of hydrogen-bond acceptors (Lipinski definition) is 12. The number of aliphatic carboxylic acids is 1. The highest BCUT2D eigenvalue weighted by Crippen LogP contribution is 2.26. The second kappa shape index (κ2) is 24.9. The van der Waals surface area contributed by atoms with Crippen LogP contribution in [0, 0.1) is 10.8 Å². The van der Waals surface area contributed by atoms with Gasteiger partial charge >= 0.3 is 36.1 Å². The molecule has 2 N–H and O–H groups in total. The van der Waals surface area contributed by atoms with Crippen LogP contribution in [0.2, 0.25) is 0 Å². The first-order valence-electron chi connectivity index (χ1n) is 25.2. The molecule has 2 aromatic carbocycles. The van der Waals surface area contributed by atoms with Gasteiger partial charge in [-0.1, -0.05) is 102 Å². The number of carboxylic acids is 1. The van der Waals surface area contributed by atoms with Crippen molar-refractivity contribution < 1.29 is 78.9 Å². The Balaban J connectivity index is -0.000000172. The lowest BCUT2D eigenvalue weighted by atomic mass is 9.87. The number of esters is 3. The van der Waals surface area contributed by atoms with E-state index < -0.39 is 71.6 Å². The Hall–Kier alpha value is -5.18. The molecule has 0 radical (unpaired) electrons. The quantitative estimate of drug-likeness (QED) is 0.143. The molecule has 15 nitrogen and oxygen atoms in total. The maximum absolute atomic E-state index is 12.8. The summed E-state index contributed by atoms with van der Waals surface area (Å²) in [6.45, 7) is 25.3. The van der Waals surface area contributed by atoms with Crippen molar-refractivity contribution >= 4 is 36.1 Å². The van der Waals surface area contributed by atoms with E-state index in [1.165, 1.54) is 32.8 Å². The van der Waals surface area contributed by atoms with Crippen molar-refractivity contribution in [2.24, 2.45) is 10.8 Å². The van der Waals surface area contributed by atoms with Crippen LogP contribution >= 0.6 is 0 Å². The average molecular weight is 884 g/mol. The maximum atomic E-state index is 12.8. The summed E-state index contributed by atoms with van der Waals surface area (Å²) in [5.41, 5.74) is -0.0288. The summed E-state index contributed by atoms with van der Waals surface area (Å²) in [4.78, 5) is 73.9. The van der Waals surface area contributed by atoms with Gasteiger partial charge in [-0.15, -0.1) is 0 Å². The SMILES string of the molecule is CN(C(=O)OC(C)(C)C)[C@@H](CC(C)(C)C)C(=O)O.C[C@@H](OC(=O)[C@H](CC(C)(C)C)N(C)C(=O)OC(C)(C)C)C(=O)OCc1ccccc1.C[C@H](O)C(=O)OCc1ccccc1.[2HH].[2H][2H].[2H][2H].[2H][2H].[2H][2H].[2H][2H]. The molecule has 61 heavy (non-hydrogen) atoms. The third-order valence-electron chi connectivity index (χ3n) is 7.88. The van der Waals surface area contributed by atoms with Gasteiger partial charge in [-0.2, -0.15) is 0 Å². The van der Waals surface area contributed by atoms with Gasteiger partial charge in [0.15, 0.2) is 6.10 Å². The van der Waals surface area contributed by atoms with Crippen LogP contribution in [0.5, 0.6) is 0 Å². The smallest absolute Gasteiger partial charge is 0.410 e. The molecule has 0 unspecified atom stereocenters. The first kappa shape index (κ1) is 46.9. The van der Waals surface area contributed by atoms with Gasteiger partial charge < -0.3 is 33.9 Å². The summed E-state index contributed by atoms with van der Waals surface area (Å²) in [6, 6.07) is 16.8. The standard InChI is InChI=1S/C23H35NO6.C13H25NO4.C10H12O3.6H2/c1-16(19(25)28-15-17-12-10-9-11-13-17)29-20(26)18(14-22(2,3)4)24(8)21(27)30-23(5,6)7;1-12(2,3)8-9(10(15)16)14(7)11(17)18-13(4,5)6;1-8(11)10(12)13-7-9-5-3-2-4-6-9;;;;;;/h9-13,16,18H,14-15H2,1-8H3;9H,8H2,1-7H3,(H,15,16);2-6,8,11H,7H2,1H3;6*1H/t16-,18+;9-;8-;;;;;;/m100....../s1/i;;;5*1+1D;1+1. The van der Waals surface area contributed by atoms with Crippen LogP contribution in [0.4, 0.5) is 9.59 Å². The minimum atomic E-state index is -1.10. The van der Waals surface area contributed by atoms with Crippen LogP contribution < -0.4 is 0 Å². The van der Waals surface area contributed by atoms with Crippen LogP contribution in [0.1, 0.15) is 137 Å². The summed E-state index contributed by atoms with van der Waals surface area (Å²) in [6.07, 6.45) is -2.68. The fourth-order valence-corrected chi connectivity index (χ4v) is 4.85. The van der Waals surface area contributed by atoms with Crippen LogP contribution in [-0.2, 0) is 56.1 Å². The maximum Gasteiger partial charge on any atom is 0.410 e. The van der Waals surface area contributed by atoms with Gasteiger partial charge in [-0.05, 0) is 90.2 Å². The Morgan fingerprint density at radius 2 is 0.934 bits per heavy atom. The molecule has 2 aromatic rings. The highest BCUT2D eigenvalue weighted by molar-refractivity contribution is 5.84. The molecule has 2 amide bonds. The molecule has 4 atom stereocenters. The van der Waals surface area contributed by atoms with Gasteiger partial charge in [-0.25, -0.2) is 28.8 Å². The summed E-state index contributed by atoms with van der Waals surface area (Å²) in [5.74, 6) is -2.94. The van der Waals surface area contributed by atoms with Gasteiger partial charge in [0.2, 0.25) is 0 Å². The molecule has 0 fully saturated rings. The van der Waals surface area contributed by atoms with Gasteiger partial charge in [0.25, 0.3) is 0 Å². The van der Waals surface area contributed by atoms with Crippen molar-refractivity contribution in [3.05, 3.63) is 71.8 Å². The summed E-state index contributed by atoms with van der Waals surface area (Å²) in [7, 11) is 2.95. The largest absolute Gasteiger partial charge is 0.480 e. The predicted octanol–water partition coefficient (Wildman–Crippen LogP) is 9.66. The number of aliphatic hydroxyl groups is 1. The second-order valence-electron chi connectivity index (χ2n) is 19.0. The molecular weight excluding hydrogens is 789 g/mol. The minimum Gasteiger partial charge on any atom is -0.480 e. The zero-order chi connectivity index (χ0) is 57.5. The number of carbonyl (C=O) groups is 6. The van der Waals surface area contributed by atoms with E-state index in [1.807, 2.05) is 102 Å². The van der Waals surface area contributed by atoms with Crippen molar-refractivity contribution in [2.45, 2.75) is 158 Å². The second-order valence-corrected chi connectivity index (χ2v) is 19.0. The summed E-state index contributed by atoms with van der Waals surface area (Å²) >= 11 is 0. The van der Waals surface area contributed by atoms with Crippen LogP contribution in [0.25, 0.3) is 0 Å². The minimum absolute atomic E-state index is 0. The van der Waals surface area contributed by atoms with E-state index in [4.69, 9.17) is 43.6 Å². The Kier molecular flexibility index (Phi) is 19.2. The van der Waals surface area contributed by atoms with Crippen molar-refractivity contribution in [2.75, 3.05) is 14.1 Å². The Morgan fingerprint density at radius 1 is 0.590 bits per heavy atom. The first-order chi connectivity index (χ1) is 32.7. The number of likely N-dealkylation sites (N-methyl/N-ethyl adjacent to an activating group) is 2. The van der Waals surface area contributed by atoms with Crippen molar-refractivity contribution in [1.29, 1.82) is 0 Å². The molecule has 0 heterocycles. The molecule has 0 aromatic heterocycles. The van der Waals surface area contributed by atoms with E-state index in [0.29, 0.717) is 12.8 Å². The van der Waals surface area contributed by atoms with Gasteiger partial charge in [0, 0.05) is 30.4 Å². The van der Waals surface area contributed by atoms with Crippen molar-refractivity contribution in [1.82, 2.24) is 9.80 Å². The normalized spacial score (nSPS) is 14.1. The number of hydrogen-bond donors (Lipinski definition) is 2. The fraction of sp³-hybridized carbons (Fsp3) is 0.609. The topological polar surface area (TPSA) is 196 Å². The molecule has 356 valence electrons. The molecule has 2 rings (SSSR count). The monoisotopic (exact) mass is 884 g/mol. The van der Waals surface area contributed by atoms with Crippen LogP contribution in [0.3, 0.4) is 0 Å². The van der Waals surface area contributed by atoms with E-state index in [0.717, 1.165) is 16.0 Å². The molecule has 0 bridgehead atoms. The van der Waals surface area contributed by atoms with E-state index >= 15 is 0 Å². The third-order valence-corrected chi connectivity index (χ3v) is 7.88. The highest BCUT2D eigenvalue weighted by atomic mass is 16.6. The first-order valence-corrected chi connectivity index (χ1v) is 20.2. The zero-order valence-electron chi connectivity index (χ0n) is 49.2. The number of nitrogens with zero attached hydrogens (tertiary/aromatic N) is 2. The molecule has 15 heteroatoms. The zero-order valence-corrected chi connectivity index (χ0v) is 39.2. The molecule has 0 aliphatic rings. The average Bonchev–Trinajstić information content (AvgIpc) is 3.30. The Labute approximate surface area is 379 Å².